The molecule has 0 saturated heterocycles. The second kappa shape index (κ2) is 9.03. The van der Waals surface area contributed by atoms with Gasteiger partial charge < -0.3 is 0 Å². The van der Waals surface area contributed by atoms with E-state index in [1.54, 1.807) is 22.8 Å². The normalized spacial score (nSPS) is 10.5. The molecule has 0 aliphatic carbocycles. The van der Waals surface area contributed by atoms with Gasteiger partial charge in [-0.15, -0.1) is 6.58 Å². The van der Waals surface area contributed by atoms with Crippen molar-refractivity contribution in [2.45, 2.75) is 32.9 Å². The van der Waals surface area contributed by atoms with E-state index in [-0.39, 0.29) is 17.8 Å². The lowest BCUT2D eigenvalue weighted by Crippen LogP contribution is -2.41. The van der Waals surface area contributed by atoms with E-state index in [2.05, 4.69) is 12.6 Å². The summed E-state index contributed by atoms with van der Waals surface area (Å²) in [7, 11) is 0. The molecule has 0 N–H and O–H groups in total. The number of hydrogen-bond donors (Lipinski definition) is 0. The zero-order valence-corrected chi connectivity index (χ0v) is 16.5. The number of rotatable bonds is 7. The highest BCUT2D eigenvalue weighted by Gasteiger charge is 2.14. The first-order valence-corrected chi connectivity index (χ1v) is 9.62. The van der Waals surface area contributed by atoms with Gasteiger partial charge in [0.1, 0.15) is 0 Å². The van der Waals surface area contributed by atoms with Crippen molar-refractivity contribution in [3.8, 4) is 17.2 Å². The first-order chi connectivity index (χ1) is 14.1. The largest absolute Gasteiger partial charge is 0.331 e. The topological polar surface area (TPSA) is 67.8 Å². The molecule has 5 heteroatoms. The molecule has 3 aromatic rings. The van der Waals surface area contributed by atoms with Crippen molar-refractivity contribution < 1.29 is 0 Å². The van der Waals surface area contributed by atoms with Crippen LogP contribution in [0.4, 0.5) is 0 Å². The van der Waals surface area contributed by atoms with Crippen LogP contribution >= 0.6 is 0 Å². The van der Waals surface area contributed by atoms with E-state index in [4.69, 9.17) is 0 Å². The van der Waals surface area contributed by atoms with Gasteiger partial charge in [0.25, 0.3) is 5.56 Å². The minimum atomic E-state index is -0.343. The average Bonchev–Trinajstić information content (AvgIpc) is 2.74. The molecule has 5 nitrogen and oxygen atoms in total. The summed E-state index contributed by atoms with van der Waals surface area (Å²) in [5.41, 5.74) is 3.29. The predicted molar refractivity (Wildman–Crippen MR) is 115 cm³/mol. The number of benzene rings is 2. The molecule has 2 aromatic carbocycles. The highest BCUT2D eigenvalue weighted by atomic mass is 16.2. The Morgan fingerprint density at radius 2 is 1.72 bits per heavy atom. The standard InChI is InChI=1S/C24H23N3O2/c1-3-9-20-15-23(28)26(14-4-2)24(29)27(20)17-19-11-6-8-13-22(19)21-12-7-5-10-18(21)16-25/h4-8,10-13,15H,2-3,9,14,17H2,1H3. The van der Waals surface area contributed by atoms with Gasteiger partial charge in [-0.1, -0.05) is 61.9 Å². The van der Waals surface area contributed by atoms with E-state index in [1.807, 2.05) is 49.4 Å². The lowest BCUT2D eigenvalue weighted by molar-refractivity contribution is 0.587. The molecule has 0 amide bonds. The monoisotopic (exact) mass is 385 g/mol. The van der Waals surface area contributed by atoms with Crippen LogP contribution in [0.2, 0.25) is 0 Å². The van der Waals surface area contributed by atoms with Crippen LogP contribution < -0.4 is 11.2 Å². The Morgan fingerprint density at radius 3 is 2.41 bits per heavy atom. The van der Waals surface area contributed by atoms with Gasteiger partial charge in [0, 0.05) is 18.3 Å². The molecule has 3 rings (SSSR count). The van der Waals surface area contributed by atoms with Crippen LogP contribution in [0, 0.1) is 11.3 Å². The molecule has 0 spiro atoms. The van der Waals surface area contributed by atoms with Crippen LogP contribution in [0.15, 0.2) is 76.8 Å². The molecule has 29 heavy (non-hydrogen) atoms. The Labute approximate surface area is 169 Å². The van der Waals surface area contributed by atoms with Gasteiger partial charge >= 0.3 is 5.69 Å². The Morgan fingerprint density at radius 1 is 1.03 bits per heavy atom. The number of hydrogen-bond acceptors (Lipinski definition) is 3. The average molecular weight is 385 g/mol. The highest BCUT2D eigenvalue weighted by Crippen LogP contribution is 2.27. The number of nitrogens with zero attached hydrogens (tertiary/aromatic N) is 3. The second-order valence-corrected chi connectivity index (χ2v) is 6.81. The fraction of sp³-hybridized carbons (Fsp3) is 0.208. The first kappa shape index (κ1) is 20.1. The van der Waals surface area contributed by atoms with Crippen molar-refractivity contribution in [1.82, 2.24) is 9.13 Å². The maximum Gasteiger partial charge on any atom is 0.331 e. The summed E-state index contributed by atoms with van der Waals surface area (Å²) < 4.78 is 2.85. The molecule has 0 saturated carbocycles. The summed E-state index contributed by atoms with van der Waals surface area (Å²) in [6.07, 6.45) is 3.00. The van der Waals surface area contributed by atoms with Crippen LogP contribution in [0.25, 0.3) is 11.1 Å². The van der Waals surface area contributed by atoms with Crippen molar-refractivity contribution in [2.24, 2.45) is 0 Å². The van der Waals surface area contributed by atoms with Crippen molar-refractivity contribution in [3.63, 3.8) is 0 Å². The number of aryl methyl sites for hydroxylation is 1. The van der Waals surface area contributed by atoms with Gasteiger partial charge in [0.05, 0.1) is 18.2 Å². The molecular formula is C24H23N3O2. The Hall–Kier alpha value is -3.65. The van der Waals surface area contributed by atoms with Crippen LogP contribution in [0.5, 0.6) is 0 Å². The van der Waals surface area contributed by atoms with Crippen molar-refractivity contribution >= 4 is 0 Å². The van der Waals surface area contributed by atoms with Crippen LogP contribution in [-0.4, -0.2) is 9.13 Å². The molecule has 1 heterocycles. The molecule has 0 aliphatic heterocycles. The van der Waals surface area contributed by atoms with Gasteiger partial charge in [0.2, 0.25) is 0 Å². The quantitative estimate of drug-likeness (QED) is 0.582. The third-order valence-corrected chi connectivity index (χ3v) is 4.87. The Balaban J connectivity index is 2.18. The molecule has 0 unspecified atom stereocenters. The third kappa shape index (κ3) is 4.12. The maximum atomic E-state index is 13.1. The van der Waals surface area contributed by atoms with E-state index in [1.165, 1.54) is 4.57 Å². The summed E-state index contributed by atoms with van der Waals surface area (Å²) in [6, 6.07) is 18.9. The van der Waals surface area contributed by atoms with E-state index in [0.717, 1.165) is 23.1 Å². The smallest absolute Gasteiger partial charge is 0.293 e. The molecule has 0 fully saturated rings. The summed E-state index contributed by atoms with van der Waals surface area (Å²) in [5, 5.41) is 9.49. The molecule has 1 aromatic heterocycles. The van der Waals surface area contributed by atoms with Gasteiger partial charge in [-0.25, -0.2) is 4.79 Å². The van der Waals surface area contributed by atoms with Crippen LogP contribution in [0.3, 0.4) is 0 Å². The SMILES string of the molecule is C=CCn1c(=O)cc(CCC)n(Cc2ccccc2-c2ccccc2C#N)c1=O. The zero-order chi connectivity index (χ0) is 20.8. The first-order valence-electron chi connectivity index (χ1n) is 9.62. The minimum Gasteiger partial charge on any atom is -0.293 e. The molecule has 0 aliphatic rings. The minimum absolute atomic E-state index is 0.170. The molecule has 0 radical (unpaired) electrons. The highest BCUT2D eigenvalue weighted by molar-refractivity contribution is 5.73. The fourth-order valence-electron chi connectivity index (χ4n) is 3.50. The van der Waals surface area contributed by atoms with Gasteiger partial charge in [0.15, 0.2) is 0 Å². The summed E-state index contributed by atoms with van der Waals surface area (Å²) in [4.78, 5) is 25.4. The van der Waals surface area contributed by atoms with E-state index in [0.29, 0.717) is 24.2 Å². The molecule has 0 bridgehead atoms. The Bertz CT molecular complexity index is 1200. The van der Waals surface area contributed by atoms with Crippen LogP contribution in [0.1, 0.15) is 30.2 Å². The number of nitriles is 1. The van der Waals surface area contributed by atoms with Crippen molar-refractivity contribution in [2.75, 3.05) is 0 Å². The molecule has 0 atom stereocenters. The second-order valence-electron chi connectivity index (χ2n) is 6.81. The van der Waals surface area contributed by atoms with Gasteiger partial charge in [-0.3, -0.25) is 13.9 Å². The lowest BCUT2D eigenvalue weighted by atomic mass is 9.95. The number of aromatic nitrogens is 2. The number of allylic oxidation sites excluding steroid dienone is 1. The van der Waals surface area contributed by atoms with Crippen molar-refractivity contribution in [3.05, 3.63) is 105 Å². The van der Waals surface area contributed by atoms with E-state index in [9.17, 15) is 14.9 Å². The summed E-state index contributed by atoms with van der Waals surface area (Å²) >= 11 is 0. The lowest BCUT2D eigenvalue weighted by Gasteiger charge is -2.17. The summed E-state index contributed by atoms with van der Waals surface area (Å²) in [6.45, 7) is 6.15. The zero-order valence-electron chi connectivity index (χ0n) is 16.5. The third-order valence-electron chi connectivity index (χ3n) is 4.87. The van der Waals surface area contributed by atoms with E-state index >= 15 is 0 Å². The van der Waals surface area contributed by atoms with Gasteiger partial charge in [-0.2, -0.15) is 5.26 Å². The maximum absolute atomic E-state index is 13.1. The fourth-order valence-corrected chi connectivity index (χ4v) is 3.50. The van der Waals surface area contributed by atoms with Crippen molar-refractivity contribution in [1.29, 1.82) is 5.26 Å². The van der Waals surface area contributed by atoms with Crippen LogP contribution in [-0.2, 0) is 19.5 Å². The molecular weight excluding hydrogens is 362 g/mol. The summed E-state index contributed by atoms with van der Waals surface area (Å²) in [5.74, 6) is 0. The molecule has 146 valence electrons. The predicted octanol–water partition coefficient (Wildman–Crippen LogP) is 3.74. The Kier molecular flexibility index (Phi) is 6.25. The van der Waals surface area contributed by atoms with Gasteiger partial charge in [-0.05, 0) is 29.2 Å². The van der Waals surface area contributed by atoms with E-state index < -0.39 is 0 Å².